The molecule has 0 N–H and O–H groups in total. The Kier molecular flexibility index (Phi) is 2.56. The summed E-state index contributed by atoms with van der Waals surface area (Å²) in [6.45, 7) is 2.21. The van der Waals surface area contributed by atoms with Crippen molar-refractivity contribution in [1.29, 1.82) is 0 Å². The van der Waals surface area contributed by atoms with Gasteiger partial charge in [0, 0.05) is 14.6 Å². The number of rotatable bonds is 1. The van der Waals surface area contributed by atoms with Gasteiger partial charge in [-0.1, -0.05) is 15.9 Å². The van der Waals surface area contributed by atoms with Crippen LogP contribution in [0.25, 0.3) is 0 Å². The van der Waals surface area contributed by atoms with Crippen LogP contribution in [0.1, 0.15) is 39.9 Å². The second-order valence-electron chi connectivity index (χ2n) is 3.42. The summed E-state index contributed by atoms with van der Waals surface area (Å²) >= 11 is 5.62. The fourth-order valence-electron chi connectivity index (χ4n) is 1.71. The summed E-state index contributed by atoms with van der Waals surface area (Å²) < 4.78 is 0. The van der Waals surface area contributed by atoms with E-state index in [0.29, 0.717) is 4.83 Å². The van der Waals surface area contributed by atoms with Crippen LogP contribution in [0.15, 0.2) is 6.07 Å². The van der Waals surface area contributed by atoms with Crippen LogP contribution in [-0.4, -0.2) is 0 Å². The molecule has 0 radical (unpaired) electrons. The maximum absolute atomic E-state index is 3.62. The summed E-state index contributed by atoms with van der Waals surface area (Å²) in [5.41, 5.74) is 1.62. The first-order valence-electron chi connectivity index (χ1n) is 4.53. The summed E-state index contributed by atoms with van der Waals surface area (Å²) in [5, 5.41) is 0. The second-order valence-corrected chi connectivity index (χ2v) is 5.96. The molecule has 0 nitrogen and oxygen atoms in total. The van der Waals surface area contributed by atoms with Gasteiger partial charge in [0.25, 0.3) is 0 Å². The minimum Gasteiger partial charge on any atom is -0.144 e. The van der Waals surface area contributed by atoms with E-state index in [9.17, 15) is 0 Å². The van der Waals surface area contributed by atoms with E-state index in [1.165, 1.54) is 30.6 Å². The monoisotopic (exact) mass is 244 g/mol. The molecular formula is C10H13BrS. The van der Waals surface area contributed by atoms with Gasteiger partial charge in [-0.05, 0) is 44.2 Å². The van der Waals surface area contributed by atoms with E-state index in [1.807, 2.05) is 11.3 Å². The lowest BCUT2D eigenvalue weighted by atomic mass is 9.99. The number of halogens is 1. The Labute approximate surface area is 86.1 Å². The molecular weight excluding hydrogens is 232 g/mol. The molecule has 1 unspecified atom stereocenters. The average molecular weight is 245 g/mol. The molecule has 0 fully saturated rings. The van der Waals surface area contributed by atoms with Gasteiger partial charge in [-0.2, -0.15) is 0 Å². The Hall–Kier alpha value is 0.180. The van der Waals surface area contributed by atoms with Crippen molar-refractivity contribution in [2.24, 2.45) is 0 Å². The molecule has 2 rings (SSSR count). The van der Waals surface area contributed by atoms with Gasteiger partial charge in [-0.3, -0.25) is 0 Å². The maximum atomic E-state index is 3.62. The Morgan fingerprint density at radius 2 is 2.17 bits per heavy atom. The zero-order valence-electron chi connectivity index (χ0n) is 7.27. The summed E-state index contributed by atoms with van der Waals surface area (Å²) in [4.78, 5) is 3.68. The van der Waals surface area contributed by atoms with E-state index < -0.39 is 0 Å². The molecule has 1 heterocycles. The van der Waals surface area contributed by atoms with Gasteiger partial charge in [0.1, 0.15) is 0 Å². The Balaban J connectivity index is 2.32. The van der Waals surface area contributed by atoms with Crippen molar-refractivity contribution >= 4 is 27.3 Å². The van der Waals surface area contributed by atoms with Crippen LogP contribution in [0, 0.1) is 0 Å². The highest BCUT2D eigenvalue weighted by Crippen LogP contribution is 2.35. The molecule has 0 aliphatic heterocycles. The number of thiophene rings is 1. The van der Waals surface area contributed by atoms with E-state index in [4.69, 9.17) is 0 Å². The first-order chi connectivity index (χ1) is 5.77. The lowest BCUT2D eigenvalue weighted by Gasteiger charge is -2.08. The molecule has 12 heavy (non-hydrogen) atoms. The number of alkyl halides is 1. The van der Waals surface area contributed by atoms with Crippen molar-refractivity contribution in [3.05, 3.63) is 21.4 Å². The lowest BCUT2D eigenvalue weighted by Crippen LogP contribution is -1.96. The molecule has 0 bridgehead atoms. The van der Waals surface area contributed by atoms with E-state index >= 15 is 0 Å². The highest BCUT2D eigenvalue weighted by Gasteiger charge is 2.14. The van der Waals surface area contributed by atoms with Gasteiger partial charge in [-0.15, -0.1) is 11.3 Å². The van der Waals surface area contributed by atoms with Crippen LogP contribution in [0.4, 0.5) is 0 Å². The second kappa shape index (κ2) is 3.51. The van der Waals surface area contributed by atoms with Crippen molar-refractivity contribution in [1.82, 2.24) is 0 Å². The zero-order valence-corrected chi connectivity index (χ0v) is 9.67. The Morgan fingerprint density at radius 3 is 2.83 bits per heavy atom. The van der Waals surface area contributed by atoms with Crippen molar-refractivity contribution in [3.8, 4) is 0 Å². The SMILES string of the molecule is CC(Br)c1cc2c(s1)CCCC2. The van der Waals surface area contributed by atoms with Crippen LogP contribution < -0.4 is 0 Å². The maximum Gasteiger partial charge on any atom is 0.0461 e. The summed E-state index contributed by atoms with van der Waals surface area (Å²) in [6.07, 6.45) is 5.41. The fraction of sp³-hybridized carbons (Fsp3) is 0.600. The minimum atomic E-state index is 0.535. The molecule has 1 aromatic heterocycles. The third-order valence-corrected chi connectivity index (χ3v) is 4.62. The van der Waals surface area contributed by atoms with Crippen molar-refractivity contribution in [2.75, 3.05) is 0 Å². The molecule has 1 aromatic rings. The molecule has 1 aliphatic carbocycles. The molecule has 0 spiro atoms. The Morgan fingerprint density at radius 1 is 1.42 bits per heavy atom. The number of hydrogen-bond donors (Lipinski definition) is 0. The topological polar surface area (TPSA) is 0 Å². The average Bonchev–Trinajstić information content (AvgIpc) is 2.46. The Bertz CT molecular complexity index is 252. The molecule has 0 amide bonds. The standard InChI is InChI=1S/C10H13BrS/c1-7(11)10-6-8-4-2-3-5-9(8)12-10/h6-7H,2-5H2,1H3. The predicted octanol–water partition coefficient (Wildman–Crippen LogP) is 4.08. The highest BCUT2D eigenvalue weighted by molar-refractivity contribution is 9.09. The van der Waals surface area contributed by atoms with Gasteiger partial charge in [-0.25, -0.2) is 0 Å². The minimum absolute atomic E-state index is 0.535. The van der Waals surface area contributed by atoms with Crippen LogP contribution in [-0.2, 0) is 12.8 Å². The van der Waals surface area contributed by atoms with Crippen LogP contribution >= 0.6 is 27.3 Å². The van der Waals surface area contributed by atoms with Crippen LogP contribution in [0.3, 0.4) is 0 Å². The van der Waals surface area contributed by atoms with Crippen molar-refractivity contribution in [2.45, 2.75) is 37.4 Å². The smallest absolute Gasteiger partial charge is 0.0461 e. The summed E-state index contributed by atoms with van der Waals surface area (Å²) in [5.74, 6) is 0. The molecule has 66 valence electrons. The first-order valence-corrected chi connectivity index (χ1v) is 6.26. The molecule has 0 saturated carbocycles. The number of hydrogen-bond acceptors (Lipinski definition) is 1. The summed E-state index contributed by atoms with van der Waals surface area (Å²) in [6, 6.07) is 2.39. The fourth-order valence-corrected chi connectivity index (χ4v) is 3.31. The van der Waals surface area contributed by atoms with Gasteiger partial charge in [0.05, 0.1) is 0 Å². The normalized spacial score (nSPS) is 18.8. The zero-order chi connectivity index (χ0) is 8.55. The van der Waals surface area contributed by atoms with Gasteiger partial charge in [0.15, 0.2) is 0 Å². The van der Waals surface area contributed by atoms with Crippen LogP contribution in [0.2, 0.25) is 0 Å². The third-order valence-electron chi connectivity index (χ3n) is 2.41. The molecule has 0 aromatic carbocycles. The van der Waals surface area contributed by atoms with Crippen LogP contribution in [0.5, 0.6) is 0 Å². The summed E-state index contributed by atoms with van der Waals surface area (Å²) in [7, 11) is 0. The highest BCUT2D eigenvalue weighted by atomic mass is 79.9. The molecule has 1 atom stereocenters. The lowest BCUT2D eigenvalue weighted by molar-refractivity contribution is 0.697. The van der Waals surface area contributed by atoms with Crippen molar-refractivity contribution in [3.63, 3.8) is 0 Å². The first kappa shape index (κ1) is 8.76. The third kappa shape index (κ3) is 1.60. The van der Waals surface area contributed by atoms with Gasteiger partial charge in [0.2, 0.25) is 0 Å². The quantitative estimate of drug-likeness (QED) is 0.654. The van der Waals surface area contributed by atoms with Gasteiger partial charge >= 0.3 is 0 Å². The molecule has 1 aliphatic rings. The predicted molar refractivity (Wildman–Crippen MR) is 58.3 cm³/mol. The number of fused-ring (bicyclic) bond motifs is 1. The number of aryl methyl sites for hydroxylation is 2. The van der Waals surface area contributed by atoms with Gasteiger partial charge < -0.3 is 0 Å². The van der Waals surface area contributed by atoms with E-state index in [0.717, 1.165) is 0 Å². The van der Waals surface area contributed by atoms with Crippen molar-refractivity contribution < 1.29 is 0 Å². The molecule has 2 heteroatoms. The molecule has 0 saturated heterocycles. The van der Waals surface area contributed by atoms with E-state index in [1.54, 1.807) is 10.4 Å². The van der Waals surface area contributed by atoms with E-state index in [2.05, 4.69) is 28.9 Å². The largest absolute Gasteiger partial charge is 0.144 e. The van der Waals surface area contributed by atoms with E-state index in [-0.39, 0.29) is 0 Å².